The van der Waals surface area contributed by atoms with Crippen LogP contribution in [0.15, 0.2) is 0 Å². The number of nitrogens with zero attached hydrogens (tertiary/aromatic N) is 1. The molecule has 2 saturated heterocycles. The molecule has 2 aliphatic carbocycles. The second-order valence-corrected chi connectivity index (χ2v) is 10.0. The maximum Gasteiger partial charge on any atom is 0.317 e. The van der Waals surface area contributed by atoms with E-state index in [4.69, 9.17) is 0 Å². The van der Waals surface area contributed by atoms with Crippen LogP contribution in [-0.4, -0.2) is 49.5 Å². The van der Waals surface area contributed by atoms with E-state index in [0.717, 1.165) is 31.2 Å². The van der Waals surface area contributed by atoms with Crippen LogP contribution < -0.4 is 5.32 Å². The molecule has 0 spiro atoms. The van der Waals surface area contributed by atoms with Gasteiger partial charge in [-0.3, -0.25) is 0 Å². The van der Waals surface area contributed by atoms with E-state index in [0.29, 0.717) is 12.0 Å². The van der Waals surface area contributed by atoms with Crippen LogP contribution in [-0.2, 0) is 9.84 Å². The Labute approximate surface area is 133 Å². The quantitative estimate of drug-likeness (QED) is 0.859. The highest BCUT2D eigenvalue weighted by atomic mass is 32.2. The van der Waals surface area contributed by atoms with Crippen LogP contribution in [0.4, 0.5) is 4.79 Å². The zero-order valence-corrected chi connectivity index (χ0v) is 14.4. The van der Waals surface area contributed by atoms with E-state index in [9.17, 15) is 13.2 Å². The SMILES string of the molecule is CCS(=O)(=O)C[C@H](C)NC(=O)N1CC2C[C@@H]3CC1C[C@H](C2)C3. The molecule has 1 N–H and O–H groups in total. The maximum absolute atomic E-state index is 12.6. The topological polar surface area (TPSA) is 66.5 Å². The van der Waals surface area contributed by atoms with E-state index in [1.54, 1.807) is 13.8 Å². The first-order valence-electron chi connectivity index (χ1n) is 8.63. The van der Waals surface area contributed by atoms with Crippen LogP contribution in [0.25, 0.3) is 0 Å². The molecule has 4 fully saturated rings. The molecule has 4 rings (SSSR count). The van der Waals surface area contributed by atoms with Crippen molar-refractivity contribution in [2.45, 2.75) is 58.0 Å². The van der Waals surface area contributed by atoms with E-state index in [2.05, 4.69) is 5.32 Å². The maximum atomic E-state index is 12.6. The Balaban J connectivity index is 1.63. The number of carbonyl (C=O) groups excluding carboxylic acids is 1. The summed E-state index contributed by atoms with van der Waals surface area (Å²) in [4.78, 5) is 14.6. The average molecular weight is 328 g/mol. The van der Waals surface area contributed by atoms with Crippen LogP contribution in [0.2, 0.25) is 0 Å². The molecular formula is C16H28N2O3S. The molecule has 5 nitrogen and oxygen atoms in total. The van der Waals surface area contributed by atoms with Crippen LogP contribution in [0.5, 0.6) is 0 Å². The number of hydrogen-bond acceptors (Lipinski definition) is 3. The van der Waals surface area contributed by atoms with Gasteiger partial charge >= 0.3 is 6.03 Å². The molecule has 2 heterocycles. The third kappa shape index (κ3) is 3.42. The summed E-state index contributed by atoms with van der Waals surface area (Å²) in [6, 6.07) is -0.0154. The smallest absolute Gasteiger partial charge is 0.317 e. The van der Waals surface area contributed by atoms with E-state index in [-0.39, 0.29) is 23.6 Å². The molecule has 0 aromatic heterocycles. The molecule has 0 aromatic carbocycles. The van der Waals surface area contributed by atoms with E-state index < -0.39 is 9.84 Å². The summed E-state index contributed by atoms with van der Waals surface area (Å²) in [7, 11) is -3.05. The number of sulfone groups is 1. The predicted octanol–water partition coefficient (Wildman–Crippen LogP) is 2.03. The molecule has 0 aromatic rings. The first kappa shape index (κ1) is 16.1. The minimum atomic E-state index is -3.05. The molecular weight excluding hydrogens is 300 g/mol. The van der Waals surface area contributed by atoms with Gasteiger partial charge in [0, 0.05) is 24.4 Å². The highest BCUT2D eigenvalue weighted by Gasteiger charge is 2.44. The number of hydrogen-bond donors (Lipinski definition) is 1. The van der Waals surface area contributed by atoms with Gasteiger partial charge in [0.25, 0.3) is 0 Å². The van der Waals surface area contributed by atoms with Crippen molar-refractivity contribution in [1.29, 1.82) is 0 Å². The zero-order chi connectivity index (χ0) is 15.9. The third-order valence-electron chi connectivity index (χ3n) is 5.68. The second kappa shape index (κ2) is 6.02. The highest BCUT2D eigenvalue weighted by Crippen LogP contribution is 2.47. The second-order valence-electron chi connectivity index (χ2n) is 7.63. The number of rotatable bonds is 4. The van der Waals surface area contributed by atoms with Gasteiger partial charge in [-0.25, -0.2) is 13.2 Å². The fraction of sp³-hybridized carbons (Fsp3) is 0.938. The van der Waals surface area contributed by atoms with E-state index in [1.165, 1.54) is 19.3 Å². The molecule has 4 aliphatic rings. The summed E-state index contributed by atoms with van der Waals surface area (Å²) in [6.45, 7) is 4.29. The van der Waals surface area contributed by atoms with Crippen molar-refractivity contribution >= 4 is 15.9 Å². The zero-order valence-electron chi connectivity index (χ0n) is 13.6. The van der Waals surface area contributed by atoms with Gasteiger partial charge in [0.2, 0.25) is 0 Å². The molecule has 2 amide bonds. The Morgan fingerprint density at radius 3 is 2.32 bits per heavy atom. The van der Waals surface area contributed by atoms with Crippen molar-refractivity contribution in [2.24, 2.45) is 17.8 Å². The first-order valence-corrected chi connectivity index (χ1v) is 10.5. The number of fused-ring (bicyclic) bond motifs is 1. The molecule has 2 saturated carbocycles. The fourth-order valence-corrected chi connectivity index (χ4v) is 5.95. The summed E-state index contributed by atoms with van der Waals surface area (Å²) < 4.78 is 23.4. The average Bonchev–Trinajstić information content (AvgIpc) is 2.62. The lowest BCUT2D eigenvalue weighted by molar-refractivity contribution is 0.131. The van der Waals surface area contributed by atoms with Gasteiger partial charge in [0.05, 0.1) is 5.75 Å². The molecule has 6 heteroatoms. The molecule has 0 radical (unpaired) electrons. The number of amides is 2. The molecule has 22 heavy (non-hydrogen) atoms. The largest absolute Gasteiger partial charge is 0.335 e. The minimum Gasteiger partial charge on any atom is -0.335 e. The van der Waals surface area contributed by atoms with Crippen molar-refractivity contribution in [2.75, 3.05) is 18.1 Å². The third-order valence-corrected chi connectivity index (χ3v) is 7.57. The summed E-state index contributed by atoms with van der Waals surface area (Å²) >= 11 is 0. The minimum absolute atomic E-state index is 0.0302. The van der Waals surface area contributed by atoms with E-state index >= 15 is 0 Å². The van der Waals surface area contributed by atoms with Gasteiger partial charge in [-0.05, 0) is 56.8 Å². The Hall–Kier alpha value is -0.780. The van der Waals surface area contributed by atoms with Gasteiger partial charge in [0.15, 0.2) is 9.84 Å². The van der Waals surface area contributed by atoms with Gasteiger partial charge in [-0.2, -0.15) is 0 Å². The van der Waals surface area contributed by atoms with Crippen LogP contribution in [0.3, 0.4) is 0 Å². The van der Waals surface area contributed by atoms with Gasteiger partial charge < -0.3 is 10.2 Å². The Kier molecular flexibility index (Phi) is 4.40. The summed E-state index contributed by atoms with van der Waals surface area (Å²) in [5, 5.41) is 2.92. The van der Waals surface area contributed by atoms with Gasteiger partial charge in [-0.1, -0.05) is 6.92 Å². The van der Waals surface area contributed by atoms with Crippen LogP contribution in [0, 0.1) is 17.8 Å². The van der Waals surface area contributed by atoms with Crippen molar-refractivity contribution in [3.05, 3.63) is 0 Å². The molecule has 5 atom stereocenters. The lowest BCUT2D eigenvalue weighted by atomic mass is 9.68. The lowest BCUT2D eigenvalue weighted by Gasteiger charge is -2.39. The Morgan fingerprint density at radius 1 is 1.14 bits per heavy atom. The Morgan fingerprint density at radius 2 is 1.73 bits per heavy atom. The Bertz CT molecular complexity index is 520. The highest BCUT2D eigenvalue weighted by molar-refractivity contribution is 7.91. The fourth-order valence-electron chi connectivity index (χ4n) is 4.87. The molecule has 2 unspecified atom stereocenters. The van der Waals surface area contributed by atoms with E-state index in [1.807, 2.05) is 4.90 Å². The first-order chi connectivity index (χ1) is 10.4. The van der Waals surface area contributed by atoms with Crippen LogP contribution >= 0.6 is 0 Å². The molecule has 4 bridgehead atoms. The lowest BCUT2D eigenvalue weighted by Crippen LogP contribution is -2.50. The summed E-state index contributed by atoms with van der Waals surface area (Å²) in [6.07, 6.45) is 6.19. The van der Waals surface area contributed by atoms with Crippen LogP contribution in [0.1, 0.15) is 46.0 Å². The predicted molar refractivity (Wildman–Crippen MR) is 86.4 cm³/mol. The normalized spacial score (nSPS) is 35.3. The molecule has 2 aliphatic heterocycles. The number of carbonyl (C=O) groups is 1. The van der Waals surface area contributed by atoms with Gasteiger partial charge in [-0.15, -0.1) is 0 Å². The monoisotopic (exact) mass is 328 g/mol. The van der Waals surface area contributed by atoms with Gasteiger partial charge in [0.1, 0.15) is 0 Å². The number of urea groups is 1. The van der Waals surface area contributed by atoms with Crippen molar-refractivity contribution in [3.8, 4) is 0 Å². The summed E-state index contributed by atoms with van der Waals surface area (Å²) in [5.74, 6) is 2.42. The van der Waals surface area contributed by atoms with Crippen molar-refractivity contribution in [3.63, 3.8) is 0 Å². The molecule has 126 valence electrons. The summed E-state index contributed by atoms with van der Waals surface area (Å²) in [5.41, 5.74) is 0. The standard InChI is InChI=1S/C16H28N2O3S/c1-3-22(20,21)10-11(2)17-16(19)18-9-14-5-12-4-13(6-14)8-15(18)7-12/h11-15H,3-10H2,1-2H3,(H,17,19)/t11-,12-,13+,14?,15?/m0/s1. The number of nitrogens with one attached hydrogen (secondary N) is 1. The van der Waals surface area contributed by atoms with Crippen molar-refractivity contribution in [1.82, 2.24) is 10.2 Å². The van der Waals surface area contributed by atoms with Crippen molar-refractivity contribution < 1.29 is 13.2 Å².